The SMILES string of the molecule is CCCCCCC(Br)C(=O)O. The molecule has 0 saturated carbocycles. The Balaban J connectivity index is 3.17. The molecular weight excluding hydrogens is 208 g/mol. The van der Waals surface area contributed by atoms with E-state index in [1.54, 1.807) is 0 Å². The summed E-state index contributed by atoms with van der Waals surface area (Å²) in [5, 5.41) is 8.49. The topological polar surface area (TPSA) is 37.3 Å². The van der Waals surface area contributed by atoms with Gasteiger partial charge in [0.05, 0.1) is 0 Å². The predicted molar refractivity (Wildman–Crippen MR) is 49.1 cm³/mol. The van der Waals surface area contributed by atoms with Gasteiger partial charge in [-0.3, -0.25) is 4.79 Å². The second-order valence-electron chi connectivity index (χ2n) is 2.66. The fourth-order valence-electron chi connectivity index (χ4n) is 0.874. The third kappa shape index (κ3) is 6.35. The minimum atomic E-state index is -0.749. The first-order valence-electron chi connectivity index (χ1n) is 4.05. The Hall–Kier alpha value is -0.0500. The van der Waals surface area contributed by atoms with Gasteiger partial charge in [-0.2, -0.15) is 0 Å². The standard InChI is InChI=1S/C8H15BrO2/c1-2-3-4-5-6-7(9)8(10)11/h7H,2-6H2,1H3,(H,10,11). The second-order valence-corrected chi connectivity index (χ2v) is 3.76. The molecule has 0 spiro atoms. The van der Waals surface area contributed by atoms with Crippen LogP contribution in [0.4, 0.5) is 0 Å². The van der Waals surface area contributed by atoms with Gasteiger partial charge in [0.1, 0.15) is 4.83 Å². The van der Waals surface area contributed by atoms with Crippen molar-refractivity contribution < 1.29 is 9.90 Å². The Bertz CT molecular complexity index is 115. The van der Waals surface area contributed by atoms with E-state index in [9.17, 15) is 4.79 Å². The molecule has 0 amide bonds. The van der Waals surface area contributed by atoms with Gasteiger partial charge in [0.2, 0.25) is 0 Å². The van der Waals surface area contributed by atoms with Crippen LogP contribution in [0, 0.1) is 0 Å². The summed E-state index contributed by atoms with van der Waals surface area (Å²) >= 11 is 3.09. The first kappa shape index (κ1) is 11.0. The summed E-state index contributed by atoms with van der Waals surface area (Å²) in [6, 6.07) is 0. The van der Waals surface area contributed by atoms with E-state index in [2.05, 4.69) is 22.9 Å². The maximum absolute atomic E-state index is 10.3. The number of carboxylic acids is 1. The largest absolute Gasteiger partial charge is 0.480 e. The molecule has 0 rings (SSSR count). The van der Waals surface area contributed by atoms with Crippen molar-refractivity contribution in [1.82, 2.24) is 0 Å². The zero-order valence-electron chi connectivity index (χ0n) is 6.85. The number of aliphatic carboxylic acids is 1. The number of hydrogen-bond donors (Lipinski definition) is 1. The van der Waals surface area contributed by atoms with Crippen LogP contribution in [-0.2, 0) is 4.79 Å². The van der Waals surface area contributed by atoms with Crippen molar-refractivity contribution in [3.8, 4) is 0 Å². The van der Waals surface area contributed by atoms with E-state index in [4.69, 9.17) is 5.11 Å². The lowest BCUT2D eigenvalue weighted by Gasteiger charge is -2.02. The van der Waals surface area contributed by atoms with Crippen LogP contribution in [0.25, 0.3) is 0 Å². The van der Waals surface area contributed by atoms with Gasteiger partial charge in [-0.05, 0) is 6.42 Å². The molecule has 1 N–H and O–H groups in total. The highest BCUT2D eigenvalue weighted by molar-refractivity contribution is 9.10. The fraction of sp³-hybridized carbons (Fsp3) is 0.875. The summed E-state index contributed by atoms with van der Waals surface area (Å²) < 4.78 is 0. The van der Waals surface area contributed by atoms with Gasteiger partial charge in [-0.25, -0.2) is 0 Å². The van der Waals surface area contributed by atoms with Gasteiger partial charge >= 0.3 is 5.97 Å². The third-order valence-electron chi connectivity index (χ3n) is 1.58. The first-order valence-corrected chi connectivity index (χ1v) is 4.97. The number of carbonyl (C=O) groups is 1. The molecule has 0 aliphatic heterocycles. The minimum absolute atomic E-state index is 0.348. The van der Waals surface area contributed by atoms with E-state index < -0.39 is 5.97 Å². The molecule has 3 heteroatoms. The molecule has 0 aliphatic carbocycles. The molecule has 0 aliphatic rings. The highest BCUT2D eigenvalue weighted by Gasteiger charge is 2.11. The van der Waals surface area contributed by atoms with Crippen molar-refractivity contribution in [2.75, 3.05) is 0 Å². The van der Waals surface area contributed by atoms with Gasteiger partial charge in [-0.15, -0.1) is 0 Å². The van der Waals surface area contributed by atoms with Gasteiger partial charge < -0.3 is 5.11 Å². The number of hydrogen-bond acceptors (Lipinski definition) is 1. The first-order chi connectivity index (χ1) is 5.18. The van der Waals surface area contributed by atoms with E-state index in [-0.39, 0.29) is 4.83 Å². The van der Waals surface area contributed by atoms with E-state index in [0.717, 1.165) is 19.3 Å². The molecule has 0 aromatic heterocycles. The van der Waals surface area contributed by atoms with Crippen LogP contribution in [0.15, 0.2) is 0 Å². The number of rotatable bonds is 6. The monoisotopic (exact) mass is 222 g/mol. The molecule has 0 bridgehead atoms. The summed E-state index contributed by atoms with van der Waals surface area (Å²) in [6.45, 7) is 2.14. The number of halogens is 1. The third-order valence-corrected chi connectivity index (χ3v) is 2.43. The summed E-state index contributed by atoms with van der Waals surface area (Å²) in [4.78, 5) is 9.97. The zero-order valence-corrected chi connectivity index (χ0v) is 8.43. The molecule has 1 unspecified atom stereocenters. The van der Waals surface area contributed by atoms with Crippen LogP contribution < -0.4 is 0 Å². The van der Waals surface area contributed by atoms with Gasteiger partial charge in [0.25, 0.3) is 0 Å². The Morgan fingerprint density at radius 3 is 2.55 bits per heavy atom. The molecule has 0 heterocycles. The molecule has 66 valence electrons. The quantitative estimate of drug-likeness (QED) is 0.555. The average molecular weight is 223 g/mol. The van der Waals surface area contributed by atoms with E-state index in [0.29, 0.717) is 0 Å². The Kier molecular flexibility index (Phi) is 6.62. The Morgan fingerprint density at radius 2 is 2.09 bits per heavy atom. The van der Waals surface area contributed by atoms with Crippen LogP contribution in [0.1, 0.15) is 39.0 Å². The Labute approximate surface area is 76.1 Å². The normalized spacial score (nSPS) is 12.9. The molecule has 0 fully saturated rings. The minimum Gasteiger partial charge on any atom is -0.480 e. The highest BCUT2D eigenvalue weighted by Crippen LogP contribution is 2.11. The zero-order chi connectivity index (χ0) is 8.69. The number of alkyl halides is 1. The average Bonchev–Trinajstić information content (AvgIpc) is 1.97. The second kappa shape index (κ2) is 6.65. The number of carboxylic acid groups (broad SMARTS) is 1. The van der Waals surface area contributed by atoms with Crippen molar-refractivity contribution >= 4 is 21.9 Å². The van der Waals surface area contributed by atoms with Crippen molar-refractivity contribution in [3.05, 3.63) is 0 Å². The van der Waals surface area contributed by atoms with Crippen molar-refractivity contribution in [2.24, 2.45) is 0 Å². The summed E-state index contributed by atoms with van der Waals surface area (Å²) in [6.07, 6.45) is 5.30. The van der Waals surface area contributed by atoms with Crippen LogP contribution >= 0.6 is 15.9 Å². The smallest absolute Gasteiger partial charge is 0.317 e. The van der Waals surface area contributed by atoms with Gasteiger partial charge in [0.15, 0.2) is 0 Å². The molecule has 11 heavy (non-hydrogen) atoms. The molecule has 0 aromatic carbocycles. The van der Waals surface area contributed by atoms with Crippen LogP contribution in [-0.4, -0.2) is 15.9 Å². The van der Waals surface area contributed by atoms with Crippen LogP contribution in [0.3, 0.4) is 0 Å². The summed E-state index contributed by atoms with van der Waals surface area (Å²) in [5.41, 5.74) is 0. The summed E-state index contributed by atoms with van der Waals surface area (Å²) in [7, 11) is 0. The predicted octanol–water partition coefficient (Wildman–Crippen LogP) is 2.80. The molecular formula is C8H15BrO2. The van der Waals surface area contributed by atoms with Crippen molar-refractivity contribution in [1.29, 1.82) is 0 Å². The fourth-order valence-corrected chi connectivity index (χ4v) is 1.20. The maximum atomic E-state index is 10.3. The van der Waals surface area contributed by atoms with Crippen LogP contribution in [0.5, 0.6) is 0 Å². The van der Waals surface area contributed by atoms with Crippen molar-refractivity contribution in [2.45, 2.75) is 43.9 Å². The van der Waals surface area contributed by atoms with Crippen LogP contribution in [0.2, 0.25) is 0 Å². The molecule has 2 nitrogen and oxygen atoms in total. The molecule has 1 atom stereocenters. The lowest BCUT2D eigenvalue weighted by Crippen LogP contribution is -2.11. The molecule has 0 radical (unpaired) electrons. The summed E-state index contributed by atoms with van der Waals surface area (Å²) in [5.74, 6) is -0.749. The van der Waals surface area contributed by atoms with Crippen molar-refractivity contribution in [3.63, 3.8) is 0 Å². The lowest BCUT2D eigenvalue weighted by atomic mass is 10.1. The van der Waals surface area contributed by atoms with E-state index in [1.807, 2.05) is 0 Å². The highest BCUT2D eigenvalue weighted by atomic mass is 79.9. The number of unbranched alkanes of at least 4 members (excludes halogenated alkanes) is 3. The van der Waals surface area contributed by atoms with E-state index in [1.165, 1.54) is 12.8 Å². The van der Waals surface area contributed by atoms with Gasteiger partial charge in [0, 0.05) is 0 Å². The van der Waals surface area contributed by atoms with Gasteiger partial charge in [-0.1, -0.05) is 48.5 Å². The lowest BCUT2D eigenvalue weighted by molar-refractivity contribution is -0.136. The maximum Gasteiger partial charge on any atom is 0.317 e. The Morgan fingerprint density at radius 1 is 1.45 bits per heavy atom. The molecule has 0 aromatic rings. The van der Waals surface area contributed by atoms with E-state index >= 15 is 0 Å². The molecule has 0 saturated heterocycles.